The number of likely N-dealkylation sites (N-methyl/N-ethyl adjacent to an activating group) is 1. The molecule has 0 radical (unpaired) electrons. The van der Waals surface area contributed by atoms with E-state index in [1.807, 2.05) is 36.4 Å². The summed E-state index contributed by atoms with van der Waals surface area (Å²) in [5.41, 5.74) is 1.44. The molecule has 1 aromatic heterocycles. The van der Waals surface area contributed by atoms with Gasteiger partial charge in [-0.1, -0.05) is 15.9 Å². The fraction of sp³-hybridized carbons (Fsp3) is 0.158. The SMILES string of the molecule is COc1ccc(N(C)C(=O)Cn2ccc(=O)c3cc(Br)ccc32)cc1. The maximum Gasteiger partial charge on any atom is 0.246 e. The van der Waals surface area contributed by atoms with Gasteiger partial charge >= 0.3 is 0 Å². The van der Waals surface area contributed by atoms with E-state index in [4.69, 9.17) is 4.74 Å². The number of nitrogens with zero attached hydrogens (tertiary/aromatic N) is 2. The number of methoxy groups -OCH3 is 1. The van der Waals surface area contributed by atoms with E-state index in [1.54, 1.807) is 35.9 Å². The van der Waals surface area contributed by atoms with Crippen LogP contribution < -0.4 is 15.1 Å². The second-order valence-electron chi connectivity index (χ2n) is 5.62. The van der Waals surface area contributed by atoms with Crippen LogP contribution in [0.3, 0.4) is 0 Å². The van der Waals surface area contributed by atoms with Crippen molar-refractivity contribution in [3.63, 3.8) is 0 Å². The van der Waals surface area contributed by atoms with Crippen LogP contribution in [0, 0.1) is 0 Å². The Balaban J connectivity index is 1.88. The molecule has 6 heteroatoms. The largest absolute Gasteiger partial charge is 0.497 e. The molecule has 5 nitrogen and oxygen atoms in total. The number of hydrogen-bond donors (Lipinski definition) is 0. The number of hydrogen-bond acceptors (Lipinski definition) is 3. The minimum absolute atomic E-state index is 0.0662. The van der Waals surface area contributed by atoms with Crippen LogP contribution in [0.4, 0.5) is 5.69 Å². The van der Waals surface area contributed by atoms with Crippen molar-refractivity contribution in [2.24, 2.45) is 0 Å². The van der Waals surface area contributed by atoms with Gasteiger partial charge in [-0.3, -0.25) is 9.59 Å². The molecule has 25 heavy (non-hydrogen) atoms. The minimum atomic E-state index is -0.0852. The molecule has 0 saturated heterocycles. The first-order valence-corrected chi connectivity index (χ1v) is 8.48. The third kappa shape index (κ3) is 3.58. The van der Waals surface area contributed by atoms with Gasteiger partial charge in [-0.25, -0.2) is 0 Å². The number of fused-ring (bicyclic) bond motifs is 1. The first-order valence-electron chi connectivity index (χ1n) is 7.69. The van der Waals surface area contributed by atoms with E-state index in [-0.39, 0.29) is 17.9 Å². The molecule has 0 aliphatic heterocycles. The van der Waals surface area contributed by atoms with E-state index in [0.717, 1.165) is 21.4 Å². The Morgan fingerprint density at radius 1 is 1.16 bits per heavy atom. The quantitative estimate of drug-likeness (QED) is 0.673. The van der Waals surface area contributed by atoms with Gasteiger partial charge in [-0.2, -0.15) is 0 Å². The Morgan fingerprint density at radius 3 is 2.56 bits per heavy atom. The second kappa shape index (κ2) is 7.11. The van der Waals surface area contributed by atoms with Crippen molar-refractivity contribution in [1.29, 1.82) is 0 Å². The highest BCUT2D eigenvalue weighted by Crippen LogP contribution is 2.20. The number of benzene rings is 2. The maximum absolute atomic E-state index is 12.6. The first kappa shape index (κ1) is 17.2. The normalized spacial score (nSPS) is 10.7. The molecule has 0 atom stereocenters. The molecule has 0 saturated carbocycles. The summed E-state index contributed by atoms with van der Waals surface area (Å²) >= 11 is 3.37. The Morgan fingerprint density at radius 2 is 1.88 bits per heavy atom. The molecule has 1 heterocycles. The molecule has 0 spiro atoms. The molecule has 0 bridgehead atoms. The summed E-state index contributed by atoms with van der Waals surface area (Å²) in [6, 6.07) is 14.2. The molecular weight excluding hydrogens is 384 g/mol. The van der Waals surface area contributed by atoms with Gasteiger partial charge in [0.25, 0.3) is 0 Å². The van der Waals surface area contributed by atoms with Crippen LogP contribution >= 0.6 is 15.9 Å². The van der Waals surface area contributed by atoms with Crippen molar-refractivity contribution >= 4 is 38.4 Å². The van der Waals surface area contributed by atoms with E-state index in [9.17, 15) is 9.59 Å². The zero-order chi connectivity index (χ0) is 18.0. The van der Waals surface area contributed by atoms with E-state index in [1.165, 1.54) is 6.07 Å². The van der Waals surface area contributed by atoms with Gasteiger partial charge in [0.2, 0.25) is 5.91 Å². The number of amides is 1. The zero-order valence-corrected chi connectivity index (χ0v) is 15.5. The van der Waals surface area contributed by atoms with Gasteiger partial charge in [0.15, 0.2) is 5.43 Å². The molecule has 0 unspecified atom stereocenters. The van der Waals surface area contributed by atoms with Crippen LogP contribution in [-0.4, -0.2) is 24.6 Å². The second-order valence-corrected chi connectivity index (χ2v) is 6.54. The van der Waals surface area contributed by atoms with Gasteiger partial charge in [-0.15, -0.1) is 0 Å². The van der Waals surface area contributed by atoms with Crippen LogP contribution in [0.1, 0.15) is 0 Å². The molecule has 0 aliphatic carbocycles. The van der Waals surface area contributed by atoms with Crippen molar-refractivity contribution in [2.75, 3.05) is 19.1 Å². The predicted molar refractivity (Wildman–Crippen MR) is 102 cm³/mol. The fourth-order valence-electron chi connectivity index (χ4n) is 2.62. The lowest BCUT2D eigenvalue weighted by molar-refractivity contribution is -0.118. The predicted octanol–water partition coefficient (Wildman–Crippen LogP) is 3.44. The summed E-state index contributed by atoms with van der Waals surface area (Å²) in [4.78, 5) is 26.3. The zero-order valence-electron chi connectivity index (χ0n) is 13.9. The van der Waals surface area contributed by atoms with Gasteiger partial charge in [0.1, 0.15) is 12.3 Å². The fourth-order valence-corrected chi connectivity index (χ4v) is 2.98. The van der Waals surface area contributed by atoms with Gasteiger partial charge < -0.3 is 14.2 Å². The van der Waals surface area contributed by atoms with Crippen molar-refractivity contribution in [2.45, 2.75) is 6.54 Å². The van der Waals surface area contributed by atoms with Gasteiger partial charge in [-0.05, 0) is 42.5 Å². The van der Waals surface area contributed by atoms with Crippen LogP contribution in [-0.2, 0) is 11.3 Å². The lowest BCUT2D eigenvalue weighted by atomic mass is 10.2. The number of carbonyl (C=O) groups is 1. The Labute approximate surface area is 153 Å². The standard InChI is InChI=1S/C19H17BrN2O3/c1-21(14-4-6-15(25-2)7-5-14)19(24)12-22-10-9-18(23)16-11-13(20)3-8-17(16)22/h3-11H,12H2,1-2H3. The topological polar surface area (TPSA) is 51.5 Å². The summed E-state index contributed by atoms with van der Waals surface area (Å²) in [7, 11) is 3.33. The third-order valence-corrected chi connectivity index (χ3v) is 4.57. The van der Waals surface area contributed by atoms with E-state index < -0.39 is 0 Å². The summed E-state index contributed by atoms with van der Waals surface area (Å²) < 4.78 is 7.75. The number of ether oxygens (including phenoxy) is 1. The Bertz CT molecular complexity index is 980. The van der Waals surface area contributed by atoms with Crippen molar-refractivity contribution < 1.29 is 9.53 Å². The molecule has 0 N–H and O–H groups in total. The van der Waals surface area contributed by atoms with Crippen molar-refractivity contribution in [1.82, 2.24) is 4.57 Å². The van der Waals surface area contributed by atoms with Crippen LogP contribution in [0.25, 0.3) is 10.9 Å². The third-order valence-electron chi connectivity index (χ3n) is 4.08. The smallest absolute Gasteiger partial charge is 0.246 e. The number of aromatic nitrogens is 1. The van der Waals surface area contributed by atoms with Crippen molar-refractivity contribution in [3.05, 3.63) is 69.4 Å². The highest BCUT2D eigenvalue weighted by molar-refractivity contribution is 9.10. The lowest BCUT2D eigenvalue weighted by Gasteiger charge is -2.19. The molecule has 0 aliphatic rings. The Hall–Kier alpha value is -2.60. The average Bonchev–Trinajstić information content (AvgIpc) is 2.63. The molecule has 0 fully saturated rings. The highest BCUT2D eigenvalue weighted by atomic mass is 79.9. The Kier molecular flexibility index (Phi) is 4.90. The highest BCUT2D eigenvalue weighted by Gasteiger charge is 2.13. The summed E-state index contributed by atoms with van der Waals surface area (Å²) in [5, 5.41) is 0.580. The number of anilines is 1. The molecule has 1 amide bonds. The lowest BCUT2D eigenvalue weighted by Crippen LogP contribution is -2.30. The molecule has 3 aromatic rings. The molecule has 2 aromatic carbocycles. The summed E-state index contributed by atoms with van der Waals surface area (Å²) in [5.74, 6) is 0.652. The molecule has 3 rings (SSSR count). The number of rotatable bonds is 4. The van der Waals surface area contributed by atoms with Crippen molar-refractivity contribution in [3.8, 4) is 5.75 Å². The summed E-state index contributed by atoms with van der Waals surface area (Å²) in [6.07, 6.45) is 1.65. The minimum Gasteiger partial charge on any atom is -0.497 e. The van der Waals surface area contributed by atoms with E-state index in [0.29, 0.717) is 5.39 Å². The van der Waals surface area contributed by atoms with E-state index in [2.05, 4.69) is 15.9 Å². The van der Waals surface area contributed by atoms with Crippen LogP contribution in [0.15, 0.2) is 64.0 Å². The number of halogens is 1. The van der Waals surface area contributed by atoms with Crippen LogP contribution in [0.2, 0.25) is 0 Å². The molecular formula is C19H17BrN2O3. The molecule has 128 valence electrons. The van der Waals surface area contributed by atoms with Gasteiger partial charge in [0, 0.05) is 34.9 Å². The number of carbonyl (C=O) groups excluding carboxylic acids is 1. The summed E-state index contributed by atoms with van der Waals surface area (Å²) in [6.45, 7) is 0.140. The monoisotopic (exact) mass is 400 g/mol. The average molecular weight is 401 g/mol. The maximum atomic E-state index is 12.6. The number of pyridine rings is 1. The van der Waals surface area contributed by atoms with Gasteiger partial charge in [0.05, 0.1) is 12.6 Å². The first-order chi connectivity index (χ1) is 12.0. The van der Waals surface area contributed by atoms with E-state index >= 15 is 0 Å². The van der Waals surface area contributed by atoms with Crippen LogP contribution in [0.5, 0.6) is 5.75 Å².